The third-order valence-corrected chi connectivity index (χ3v) is 2.45. The molecule has 2 N–H and O–H groups in total. The minimum atomic E-state index is -0.218. The molecule has 0 fully saturated rings. The molecule has 0 bridgehead atoms. The molecule has 3 heteroatoms. The Morgan fingerprint density at radius 1 is 1.13 bits per heavy atom. The first-order valence-electron chi connectivity index (χ1n) is 4.69. The molecule has 1 aromatic carbocycles. The third kappa shape index (κ3) is 2.35. The zero-order valence-electron chi connectivity index (χ0n) is 8.10. The Morgan fingerprint density at radius 2 is 2.00 bits per heavy atom. The lowest BCUT2D eigenvalue weighted by molar-refractivity contribution is 0.829. The number of nitrogens with two attached hydrogens (primary N) is 1. The maximum absolute atomic E-state index is 6.06. The van der Waals surface area contributed by atoms with E-state index >= 15 is 0 Å². The van der Waals surface area contributed by atoms with Gasteiger partial charge in [-0.15, -0.1) is 0 Å². The molecule has 0 radical (unpaired) electrons. The third-order valence-electron chi connectivity index (χ3n) is 2.21. The predicted octanol–water partition coefficient (Wildman–Crippen LogP) is 2.78. The van der Waals surface area contributed by atoms with Crippen LogP contribution < -0.4 is 5.73 Å². The fourth-order valence-corrected chi connectivity index (χ4v) is 1.63. The lowest BCUT2D eigenvalue weighted by atomic mass is 10.0. The molecule has 1 heterocycles. The van der Waals surface area contributed by atoms with Gasteiger partial charge in [-0.25, -0.2) is 0 Å². The number of rotatable bonds is 2. The first kappa shape index (κ1) is 10.1. The summed E-state index contributed by atoms with van der Waals surface area (Å²) in [6.07, 6.45) is 1.74. The molecule has 0 saturated carbocycles. The van der Waals surface area contributed by atoms with Gasteiger partial charge in [0.25, 0.3) is 0 Å². The van der Waals surface area contributed by atoms with Crippen molar-refractivity contribution in [3.05, 3.63) is 64.9 Å². The van der Waals surface area contributed by atoms with Crippen LogP contribution in [0.4, 0.5) is 0 Å². The monoisotopic (exact) mass is 218 g/mol. The van der Waals surface area contributed by atoms with Gasteiger partial charge in [-0.3, -0.25) is 4.98 Å². The van der Waals surface area contributed by atoms with Crippen LogP contribution in [-0.4, -0.2) is 4.98 Å². The number of pyridine rings is 1. The van der Waals surface area contributed by atoms with Crippen LogP contribution >= 0.6 is 11.6 Å². The topological polar surface area (TPSA) is 38.9 Å². The SMILES string of the molecule is N[C@H](c1cccc(Cl)c1)c1ccccn1. The highest BCUT2D eigenvalue weighted by molar-refractivity contribution is 6.30. The second-order valence-electron chi connectivity index (χ2n) is 3.29. The quantitative estimate of drug-likeness (QED) is 0.842. The summed E-state index contributed by atoms with van der Waals surface area (Å²) in [5.41, 5.74) is 7.88. The largest absolute Gasteiger partial charge is 0.319 e. The van der Waals surface area contributed by atoms with Gasteiger partial charge < -0.3 is 5.73 Å². The zero-order chi connectivity index (χ0) is 10.7. The zero-order valence-corrected chi connectivity index (χ0v) is 8.85. The lowest BCUT2D eigenvalue weighted by Crippen LogP contribution is -2.13. The summed E-state index contributed by atoms with van der Waals surface area (Å²) in [5, 5.41) is 0.693. The molecule has 0 spiro atoms. The van der Waals surface area contributed by atoms with Crippen molar-refractivity contribution in [2.45, 2.75) is 6.04 Å². The molecule has 0 aliphatic rings. The smallest absolute Gasteiger partial charge is 0.0726 e. The van der Waals surface area contributed by atoms with Crippen molar-refractivity contribution in [1.29, 1.82) is 0 Å². The maximum Gasteiger partial charge on any atom is 0.0726 e. The van der Waals surface area contributed by atoms with Crippen LogP contribution in [-0.2, 0) is 0 Å². The number of halogens is 1. The average Bonchev–Trinajstić information content (AvgIpc) is 2.29. The Balaban J connectivity index is 2.32. The van der Waals surface area contributed by atoms with Gasteiger partial charge in [0.2, 0.25) is 0 Å². The lowest BCUT2D eigenvalue weighted by Gasteiger charge is -2.11. The van der Waals surface area contributed by atoms with E-state index in [-0.39, 0.29) is 6.04 Å². The Morgan fingerprint density at radius 3 is 2.67 bits per heavy atom. The highest BCUT2D eigenvalue weighted by atomic mass is 35.5. The predicted molar refractivity (Wildman–Crippen MR) is 61.7 cm³/mol. The molecule has 15 heavy (non-hydrogen) atoms. The molecular weight excluding hydrogens is 208 g/mol. The van der Waals surface area contributed by atoms with Crippen molar-refractivity contribution in [2.75, 3.05) is 0 Å². The van der Waals surface area contributed by atoms with Gasteiger partial charge >= 0.3 is 0 Å². The molecule has 0 amide bonds. The van der Waals surface area contributed by atoms with Gasteiger partial charge in [-0.2, -0.15) is 0 Å². The van der Waals surface area contributed by atoms with Gasteiger partial charge in [0.1, 0.15) is 0 Å². The number of aromatic nitrogens is 1. The highest BCUT2D eigenvalue weighted by Crippen LogP contribution is 2.20. The van der Waals surface area contributed by atoms with Crippen LogP contribution in [0.25, 0.3) is 0 Å². The first-order chi connectivity index (χ1) is 7.27. The summed E-state index contributed by atoms with van der Waals surface area (Å²) in [6.45, 7) is 0. The van der Waals surface area contributed by atoms with Gasteiger partial charge in [0, 0.05) is 11.2 Å². The minimum absolute atomic E-state index is 0.218. The fourth-order valence-electron chi connectivity index (χ4n) is 1.43. The molecule has 2 aromatic rings. The van der Waals surface area contributed by atoms with E-state index in [4.69, 9.17) is 17.3 Å². The van der Waals surface area contributed by atoms with E-state index in [1.54, 1.807) is 6.20 Å². The summed E-state index contributed by atoms with van der Waals surface area (Å²) in [6, 6.07) is 13.0. The number of hydrogen-bond acceptors (Lipinski definition) is 2. The van der Waals surface area contributed by atoms with E-state index in [1.807, 2.05) is 42.5 Å². The molecule has 2 rings (SSSR count). The Hall–Kier alpha value is -1.38. The average molecular weight is 219 g/mol. The Labute approximate surface area is 93.7 Å². The van der Waals surface area contributed by atoms with Crippen LogP contribution in [0.3, 0.4) is 0 Å². The number of benzene rings is 1. The summed E-state index contributed by atoms with van der Waals surface area (Å²) in [4.78, 5) is 4.22. The first-order valence-corrected chi connectivity index (χ1v) is 5.07. The van der Waals surface area contributed by atoms with E-state index < -0.39 is 0 Å². The van der Waals surface area contributed by atoms with Gasteiger partial charge in [0.05, 0.1) is 11.7 Å². The van der Waals surface area contributed by atoms with Crippen LogP contribution in [0.15, 0.2) is 48.7 Å². The van der Waals surface area contributed by atoms with Crippen LogP contribution in [0, 0.1) is 0 Å². The summed E-state index contributed by atoms with van der Waals surface area (Å²) < 4.78 is 0. The van der Waals surface area contributed by atoms with Crippen LogP contribution in [0.2, 0.25) is 5.02 Å². The number of nitrogens with zero attached hydrogens (tertiary/aromatic N) is 1. The summed E-state index contributed by atoms with van der Waals surface area (Å²) in [7, 11) is 0. The Kier molecular flexibility index (Phi) is 2.99. The van der Waals surface area contributed by atoms with Crippen LogP contribution in [0.5, 0.6) is 0 Å². The molecule has 0 aliphatic heterocycles. The van der Waals surface area contributed by atoms with Crippen molar-refractivity contribution in [3.8, 4) is 0 Å². The van der Waals surface area contributed by atoms with E-state index in [0.717, 1.165) is 11.3 Å². The molecular formula is C12H11ClN2. The van der Waals surface area contributed by atoms with Gasteiger partial charge in [0.15, 0.2) is 0 Å². The molecule has 0 unspecified atom stereocenters. The van der Waals surface area contributed by atoms with Crippen molar-refractivity contribution in [3.63, 3.8) is 0 Å². The fraction of sp³-hybridized carbons (Fsp3) is 0.0833. The van der Waals surface area contributed by atoms with E-state index in [2.05, 4.69) is 4.98 Å². The molecule has 76 valence electrons. The van der Waals surface area contributed by atoms with Crippen molar-refractivity contribution >= 4 is 11.6 Å². The standard InChI is InChI=1S/C12H11ClN2/c13-10-5-3-4-9(8-10)12(14)11-6-1-2-7-15-11/h1-8,12H,14H2/t12-/m1/s1. The Bertz CT molecular complexity index is 442. The molecule has 2 nitrogen and oxygen atoms in total. The van der Waals surface area contributed by atoms with E-state index in [9.17, 15) is 0 Å². The van der Waals surface area contributed by atoms with Gasteiger partial charge in [-0.1, -0.05) is 29.8 Å². The van der Waals surface area contributed by atoms with Crippen molar-refractivity contribution in [1.82, 2.24) is 4.98 Å². The van der Waals surface area contributed by atoms with Crippen molar-refractivity contribution in [2.24, 2.45) is 5.73 Å². The molecule has 1 atom stereocenters. The minimum Gasteiger partial charge on any atom is -0.319 e. The maximum atomic E-state index is 6.06. The van der Waals surface area contributed by atoms with Crippen molar-refractivity contribution < 1.29 is 0 Å². The van der Waals surface area contributed by atoms with E-state index in [0.29, 0.717) is 5.02 Å². The highest BCUT2D eigenvalue weighted by Gasteiger charge is 2.09. The molecule has 1 aromatic heterocycles. The normalized spacial score (nSPS) is 12.4. The van der Waals surface area contributed by atoms with Crippen LogP contribution in [0.1, 0.15) is 17.3 Å². The second kappa shape index (κ2) is 4.43. The van der Waals surface area contributed by atoms with Gasteiger partial charge in [-0.05, 0) is 29.8 Å². The molecule has 0 saturated heterocycles. The van der Waals surface area contributed by atoms with E-state index in [1.165, 1.54) is 0 Å². The number of hydrogen-bond donors (Lipinski definition) is 1. The second-order valence-corrected chi connectivity index (χ2v) is 3.72. The summed E-state index contributed by atoms with van der Waals surface area (Å²) in [5.74, 6) is 0. The summed E-state index contributed by atoms with van der Waals surface area (Å²) >= 11 is 5.90. The molecule has 0 aliphatic carbocycles.